The van der Waals surface area contributed by atoms with E-state index >= 15 is 0 Å². The van der Waals surface area contributed by atoms with Crippen LogP contribution in [0.3, 0.4) is 0 Å². The number of halogens is 1. The first-order chi connectivity index (χ1) is 9.17. The van der Waals surface area contributed by atoms with E-state index in [0.29, 0.717) is 18.2 Å². The Labute approximate surface area is 111 Å². The van der Waals surface area contributed by atoms with Gasteiger partial charge in [0.2, 0.25) is 0 Å². The smallest absolute Gasteiger partial charge is 0.148 e. The summed E-state index contributed by atoms with van der Waals surface area (Å²) in [6.07, 6.45) is 1.43. The van der Waals surface area contributed by atoms with Crippen molar-refractivity contribution in [1.82, 2.24) is 9.97 Å². The maximum absolute atomic E-state index is 13.3. The van der Waals surface area contributed by atoms with Crippen LogP contribution in [0, 0.1) is 12.7 Å². The van der Waals surface area contributed by atoms with Crippen LogP contribution >= 0.6 is 0 Å². The van der Waals surface area contributed by atoms with E-state index in [0.717, 1.165) is 11.3 Å². The van der Waals surface area contributed by atoms with E-state index in [1.807, 2.05) is 24.8 Å². The van der Waals surface area contributed by atoms with Crippen molar-refractivity contribution >= 4 is 17.3 Å². The molecule has 19 heavy (non-hydrogen) atoms. The standard InChI is InChI=1S/C13H16FN5/c1-3-19(11-6-4-5-10(14)7-11)13-9(2)12(18-15)16-8-17-13/h4-8H,3,15H2,1-2H3,(H,16,17,18). The highest BCUT2D eigenvalue weighted by atomic mass is 19.1. The van der Waals surface area contributed by atoms with Crippen molar-refractivity contribution in [2.75, 3.05) is 16.9 Å². The van der Waals surface area contributed by atoms with Crippen LogP contribution in [0.15, 0.2) is 30.6 Å². The number of nitrogens with zero attached hydrogens (tertiary/aromatic N) is 3. The van der Waals surface area contributed by atoms with Crippen LogP contribution in [-0.2, 0) is 0 Å². The van der Waals surface area contributed by atoms with Gasteiger partial charge in [0, 0.05) is 17.8 Å². The predicted molar refractivity (Wildman–Crippen MR) is 73.7 cm³/mol. The number of anilines is 3. The molecule has 0 fully saturated rings. The van der Waals surface area contributed by atoms with Crippen LogP contribution in [0.2, 0.25) is 0 Å². The van der Waals surface area contributed by atoms with E-state index in [9.17, 15) is 4.39 Å². The molecule has 1 aromatic heterocycles. The van der Waals surface area contributed by atoms with Gasteiger partial charge in [0.05, 0.1) is 0 Å². The monoisotopic (exact) mass is 261 g/mol. The highest BCUT2D eigenvalue weighted by Gasteiger charge is 2.14. The van der Waals surface area contributed by atoms with Crippen LogP contribution in [0.4, 0.5) is 21.7 Å². The molecule has 0 aliphatic rings. The van der Waals surface area contributed by atoms with E-state index in [2.05, 4.69) is 15.4 Å². The molecule has 0 unspecified atom stereocenters. The summed E-state index contributed by atoms with van der Waals surface area (Å²) in [5.41, 5.74) is 4.08. The molecule has 1 aromatic carbocycles. The van der Waals surface area contributed by atoms with E-state index in [1.165, 1.54) is 18.5 Å². The highest BCUT2D eigenvalue weighted by molar-refractivity contribution is 5.66. The SMILES string of the molecule is CCN(c1cccc(F)c1)c1ncnc(NN)c1C. The Bertz CT molecular complexity index is 573. The second kappa shape index (κ2) is 5.62. The molecule has 0 atom stereocenters. The summed E-state index contributed by atoms with van der Waals surface area (Å²) >= 11 is 0. The molecule has 2 aromatic rings. The molecule has 3 N–H and O–H groups in total. The molecule has 1 heterocycles. The summed E-state index contributed by atoms with van der Waals surface area (Å²) in [5.74, 6) is 6.39. The third-order valence-electron chi connectivity index (χ3n) is 2.89. The van der Waals surface area contributed by atoms with Crippen LogP contribution in [0.1, 0.15) is 12.5 Å². The van der Waals surface area contributed by atoms with Gasteiger partial charge in [-0.05, 0) is 32.0 Å². The number of rotatable bonds is 4. The third kappa shape index (κ3) is 2.63. The Hall–Kier alpha value is -2.21. The summed E-state index contributed by atoms with van der Waals surface area (Å²) in [4.78, 5) is 10.2. The second-order valence-corrected chi connectivity index (χ2v) is 4.04. The molecule has 100 valence electrons. The first-order valence-corrected chi connectivity index (χ1v) is 5.98. The zero-order valence-corrected chi connectivity index (χ0v) is 10.9. The van der Waals surface area contributed by atoms with Gasteiger partial charge in [-0.1, -0.05) is 6.07 Å². The lowest BCUT2D eigenvalue weighted by atomic mass is 10.2. The van der Waals surface area contributed by atoms with E-state index in [4.69, 9.17) is 5.84 Å². The van der Waals surface area contributed by atoms with Gasteiger partial charge in [-0.25, -0.2) is 20.2 Å². The van der Waals surface area contributed by atoms with Crippen LogP contribution in [0.25, 0.3) is 0 Å². The van der Waals surface area contributed by atoms with Crippen molar-refractivity contribution in [1.29, 1.82) is 0 Å². The van der Waals surface area contributed by atoms with Crippen molar-refractivity contribution in [2.24, 2.45) is 5.84 Å². The Morgan fingerprint density at radius 3 is 2.79 bits per heavy atom. The fourth-order valence-corrected chi connectivity index (χ4v) is 1.96. The minimum absolute atomic E-state index is 0.278. The van der Waals surface area contributed by atoms with Gasteiger partial charge in [0.25, 0.3) is 0 Å². The molecule has 6 heteroatoms. The van der Waals surface area contributed by atoms with Gasteiger partial charge < -0.3 is 10.3 Å². The van der Waals surface area contributed by atoms with Crippen molar-refractivity contribution < 1.29 is 4.39 Å². The number of hydrogen-bond donors (Lipinski definition) is 2. The third-order valence-corrected chi connectivity index (χ3v) is 2.89. The van der Waals surface area contributed by atoms with E-state index in [-0.39, 0.29) is 5.82 Å². The lowest BCUT2D eigenvalue weighted by Gasteiger charge is -2.24. The maximum atomic E-state index is 13.3. The first kappa shape index (κ1) is 13.2. The fourth-order valence-electron chi connectivity index (χ4n) is 1.96. The van der Waals surface area contributed by atoms with Crippen molar-refractivity contribution in [3.05, 3.63) is 42.0 Å². The quantitative estimate of drug-likeness (QED) is 0.653. The Kier molecular flexibility index (Phi) is 3.91. The molecule has 0 saturated carbocycles. The Balaban J connectivity index is 2.48. The minimum Gasteiger partial charge on any atom is -0.326 e. The van der Waals surface area contributed by atoms with Crippen molar-refractivity contribution in [3.8, 4) is 0 Å². The zero-order valence-electron chi connectivity index (χ0n) is 10.9. The van der Waals surface area contributed by atoms with E-state index < -0.39 is 0 Å². The largest absolute Gasteiger partial charge is 0.326 e. The summed E-state index contributed by atoms with van der Waals surface area (Å²) in [7, 11) is 0. The molecular formula is C13H16FN5. The number of benzene rings is 1. The average Bonchev–Trinajstić information content (AvgIpc) is 2.41. The number of nitrogens with one attached hydrogen (secondary N) is 1. The Morgan fingerprint density at radius 1 is 1.37 bits per heavy atom. The molecule has 5 nitrogen and oxygen atoms in total. The number of hydrogen-bond acceptors (Lipinski definition) is 5. The minimum atomic E-state index is -0.278. The molecule has 0 saturated heterocycles. The van der Waals surface area contributed by atoms with Crippen LogP contribution in [0.5, 0.6) is 0 Å². The molecule has 0 amide bonds. The molecule has 0 radical (unpaired) electrons. The summed E-state index contributed by atoms with van der Waals surface area (Å²) < 4.78 is 13.3. The van der Waals surface area contributed by atoms with Gasteiger partial charge in [0.15, 0.2) is 0 Å². The lowest BCUT2D eigenvalue weighted by molar-refractivity contribution is 0.627. The highest BCUT2D eigenvalue weighted by Crippen LogP contribution is 2.28. The molecule has 2 rings (SSSR count). The zero-order chi connectivity index (χ0) is 13.8. The van der Waals surface area contributed by atoms with Gasteiger partial charge in [-0.15, -0.1) is 0 Å². The van der Waals surface area contributed by atoms with Gasteiger partial charge >= 0.3 is 0 Å². The number of nitrogens with two attached hydrogens (primary N) is 1. The summed E-state index contributed by atoms with van der Waals surface area (Å²) in [6.45, 7) is 4.50. The Morgan fingerprint density at radius 2 is 2.16 bits per heavy atom. The fraction of sp³-hybridized carbons (Fsp3) is 0.231. The second-order valence-electron chi connectivity index (χ2n) is 4.04. The van der Waals surface area contributed by atoms with Gasteiger partial charge in [-0.2, -0.15) is 0 Å². The molecule has 0 bridgehead atoms. The molecular weight excluding hydrogens is 245 g/mol. The predicted octanol–water partition coefficient (Wildman–Crippen LogP) is 2.37. The van der Waals surface area contributed by atoms with Crippen molar-refractivity contribution in [3.63, 3.8) is 0 Å². The summed E-state index contributed by atoms with van der Waals surface area (Å²) in [6, 6.07) is 6.40. The number of hydrazine groups is 1. The van der Waals surface area contributed by atoms with Gasteiger partial charge in [-0.3, -0.25) is 0 Å². The topological polar surface area (TPSA) is 67.1 Å². The summed E-state index contributed by atoms with van der Waals surface area (Å²) in [5, 5.41) is 0. The first-order valence-electron chi connectivity index (χ1n) is 5.98. The normalized spacial score (nSPS) is 10.3. The number of aromatic nitrogens is 2. The molecule has 0 spiro atoms. The molecule has 0 aliphatic carbocycles. The maximum Gasteiger partial charge on any atom is 0.148 e. The molecule has 0 aliphatic heterocycles. The van der Waals surface area contributed by atoms with Crippen molar-refractivity contribution in [2.45, 2.75) is 13.8 Å². The van der Waals surface area contributed by atoms with Crippen LogP contribution < -0.4 is 16.2 Å². The average molecular weight is 261 g/mol. The van der Waals surface area contributed by atoms with Gasteiger partial charge in [0.1, 0.15) is 23.8 Å². The lowest BCUT2D eigenvalue weighted by Crippen LogP contribution is -2.20. The number of nitrogen functional groups attached to an aromatic ring is 1. The van der Waals surface area contributed by atoms with Crippen LogP contribution in [-0.4, -0.2) is 16.5 Å². The van der Waals surface area contributed by atoms with E-state index in [1.54, 1.807) is 6.07 Å².